The van der Waals surface area contributed by atoms with Gasteiger partial charge in [-0.3, -0.25) is 0 Å². The Morgan fingerprint density at radius 1 is 1.16 bits per heavy atom. The Bertz CT molecular complexity index is 578. The predicted molar refractivity (Wildman–Crippen MR) is 77.9 cm³/mol. The first-order valence-corrected chi connectivity index (χ1v) is 7.11. The van der Waals surface area contributed by atoms with Crippen LogP contribution >= 0.6 is 27.5 Å². The lowest BCUT2D eigenvalue weighted by atomic mass is 10.0. The van der Waals surface area contributed by atoms with Crippen LogP contribution in [0.3, 0.4) is 0 Å². The molecule has 0 bridgehead atoms. The maximum absolute atomic E-state index is 13.8. The number of hydrogen-bond acceptors (Lipinski definition) is 0. The summed E-state index contributed by atoms with van der Waals surface area (Å²) in [5.41, 5.74) is 1.75. The molecule has 2 aromatic rings. The summed E-state index contributed by atoms with van der Waals surface area (Å²) in [6, 6.07) is 9.54. The van der Waals surface area contributed by atoms with Gasteiger partial charge in [-0.15, -0.1) is 0 Å². The van der Waals surface area contributed by atoms with Crippen molar-refractivity contribution in [3.05, 3.63) is 69.7 Å². The van der Waals surface area contributed by atoms with Crippen molar-refractivity contribution in [1.29, 1.82) is 0 Å². The standard InChI is InChI=1S/C15H12BrClF2/c1-9-5-6-10(15(19)7-9)12(16)8-11-13(17)3-2-4-14(11)18/h2-7,12H,8H2,1H3. The van der Waals surface area contributed by atoms with Crippen molar-refractivity contribution >= 4 is 27.5 Å². The molecule has 0 aliphatic rings. The van der Waals surface area contributed by atoms with Crippen LogP contribution in [-0.4, -0.2) is 0 Å². The molecule has 0 heterocycles. The molecular formula is C15H12BrClF2. The summed E-state index contributed by atoms with van der Waals surface area (Å²) < 4.78 is 27.5. The Morgan fingerprint density at radius 3 is 2.53 bits per heavy atom. The molecule has 0 spiro atoms. The third kappa shape index (κ3) is 3.34. The second kappa shape index (κ2) is 6.02. The van der Waals surface area contributed by atoms with E-state index in [4.69, 9.17) is 11.6 Å². The monoisotopic (exact) mass is 344 g/mol. The van der Waals surface area contributed by atoms with Gasteiger partial charge in [-0.1, -0.05) is 45.7 Å². The van der Waals surface area contributed by atoms with Crippen LogP contribution in [-0.2, 0) is 6.42 Å². The maximum atomic E-state index is 13.8. The smallest absolute Gasteiger partial charge is 0.127 e. The van der Waals surface area contributed by atoms with E-state index in [9.17, 15) is 8.78 Å². The molecule has 0 aliphatic carbocycles. The molecule has 2 rings (SSSR count). The third-order valence-electron chi connectivity index (χ3n) is 2.94. The van der Waals surface area contributed by atoms with Crippen LogP contribution in [0.25, 0.3) is 0 Å². The van der Waals surface area contributed by atoms with Gasteiger partial charge in [-0.05, 0) is 37.1 Å². The molecule has 100 valence electrons. The second-order valence-electron chi connectivity index (χ2n) is 4.40. The summed E-state index contributed by atoms with van der Waals surface area (Å²) in [5, 5.41) is 0.358. The number of halogens is 4. The van der Waals surface area contributed by atoms with Crippen LogP contribution < -0.4 is 0 Å². The minimum absolute atomic E-state index is 0.297. The Balaban J connectivity index is 2.28. The van der Waals surface area contributed by atoms with E-state index >= 15 is 0 Å². The molecule has 0 amide bonds. The number of benzene rings is 2. The van der Waals surface area contributed by atoms with Crippen LogP contribution in [0.2, 0.25) is 5.02 Å². The van der Waals surface area contributed by atoms with Gasteiger partial charge in [-0.25, -0.2) is 8.78 Å². The summed E-state index contributed by atoms with van der Waals surface area (Å²) in [6.45, 7) is 1.82. The molecule has 0 aliphatic heterocycles. The van der Waals surface area contributed by atoms with Crippen LogP contribution in [0.15, 0.2) is 36.4 Å². The molecule has 4 heteroatoms. The summed E-state index contributed by atoms with van der Waals surface area (Å²) in [6.07, 6.45) is 0.297. The van der Waals surface area contributed by atoms with Crippen LogP contribution in [0.4, 0.5) is 8.78 Å². The van der Waals surface area contributed by atoms with Crippen molar-refractivity contribution in [3.8, 4) is 0 Å². The van der Waals surface area contributed by atoms with E-state index in [1.807, 2.05) is 13.0 Å². The first-order chi connectivity index (χ1) is 8.99. The summed E-state index contributed by atoms with van der Waals surface area (Å²) in [7, 11) is 0. The lowest BCUT2D eigenvalue weighted by Gasteiger charge is -2.13. The van der Waals surface area contributed by atoms with E-state index in [1.165, 1.54) is 12.1 Å². The van der Waals surface area contributed by atoms with Crippen molar-refractivity contribution in [2.24, 2.45) is 0 Å². The lowest BCUT2D eigenvalue weighted by molar-refractivity contribution is 0.594. The molecule has 0 aromatic heterocycles. The molecular weight excluding hydrogens is 334 g/mol. The van der Waals surface area contributed by atoms with E-state index in [2.05, 4.69) is 15.9 Å². The lowest BCUT2D eigenvalue weighted by Crippen LogP contribution is -2.01. The molecule has 0 saturated heterocycles. The minimum Gasteiger partial charge on any atom is -0.207 e. The highest BCUT2D eigenvalue weighted by Crippen LogP contribution is 2.32. The fourth-order valence-electron chi connectivity index (χ4n) is 1.90. The quantitative estimate of drug-likeness (QED) is 0.635. The van der Waals surface area contributed by atoms with Gasteiger partial charge in [0.2, 0.25) is 0 Å². The third-order valence-corrected chi connectivity index (χ3v) is 4.11. The molecule has 0 fully saturated rings. The largest absolute Gasteiger partial charge is 0.207 e. The van der Waals surface area contributed by atoms with E-state index in [0.29, 0.717) is 22.6 Å². The highest BCUT2D eigenvalue weighted by Gasteiger charge is 2.17. The number of rotatable bonds is 3. The Labute approximate surface area is 124 Å². The number of aryl methyl sites for hydroxylation is 1. The minimum atomic E-state index is -0.371. The molecule has 0 radical (unpaired) electrons. The SMILES string of the molecule is Cc1ccc(C(Br)Cc2c(F)cccc2Cl)c(F)c1. The topological polar surface area (TPSA) is 0 Å². The zero-order valence-electron chi connectivity index (χ0n) is 10.3. The molecule has 0 nitrogen and oxygen atoms in total. The maximum Gasteiger partial charge on any atom is 0.127 e. The highest BCUT2D eigenvalue weighted by molar-refractivity contribution is 9.09. The van der Waals surface area contributed by atoms with Crippen LogP contribution in [0.5, 0.6) is 0 Å². The average molecular weight is 346 g/mol. The fraction of sp³-hybridized carbons (Fsp3) is 0.200. The van der Waals surface area contributed by atoms with Gasteiger partial charge in [-0.2, -0.15) is 0 Å². The zero-order chi connectivity index (χ0) is 14.0. The van der Waals surface area contributed by atoms with Crippen LogP contribution in [0, 0.1) is 18.6 Å². The number of alkyl halides is 1. The van der Waals surface area contributed by atoms with Crippen LogP contribution in [0.1, 0.15) is 21.5 Å². The van der Waals surface area contributed by atoms with Crippen molar-refractivity contribution in [2.45, 2.75) is 18.2 Å². The predicted octanol–water partition coefficient (Wildman–Crippen LogP) is 5.61. The first kappa shape index (κ1) is 14.5. The van der Waals surface area contributed by atoms with E-state index in [1.54, 1.807) is 18.2 Å². The van der Waals surface area contributed by atoms with Crippen molar-refractivity contribution in [1.82, 2.24) is 0 Å². The molecule has 19 heavy (non-hydrogen) atoms. The van der Waals surface area contributed by atoms with Crippen molar-refractivity contribution in [2.75, 3.05) is 0 Å². The Kier molecular flexibility index (Phi) is 4.58. The molecule has 1 unspecified atom stereocenters. The normalized spacial score (nSPS) is 12.5. The number of hydrogen-bond donors (Lipinski definition) is 0. The molecule has 1 atom stereocenters. The Hall–Kier alpha value is -0.930. The van der Waals surface area contributed by atoms with Gasteiger partial charge in [0.25, 0.3) is 0 Å². The highest BCUT2D eigenvalue weighted by atomic mass is 79.9. The van der Waals surface area contributed by atoms with E-state index in [0.717, 1.165) is 5.56 Å². The molecule has 0 N–H and O–H groups in total. The Morgan fingerprint density at radius 2 is 1.89 bits per heavy atom. The van der Waals surface area contributed by atoms with E-state index < -0.39 is 0 Å². The van der Waals surface area contributed by atoms with Crippen molar-refractivity contribution in [3.63, 3.8) is 0 Å². The second-order valence-corrected chi connectivity index (χ2v) is 5.91. The van der Waals surface area contributed by atoms with Gasteiger partial charge < -0.3 is 0 Å². The van der Waals surface area contributed by atoms with Gasteiger partial charge in [0, 0.05) is 21.0 Å². The zero-order valence-corrected chi connectivity index (χ0v) is 12.6. The van der Waals surface area contributed by atoms with Gasteiger partial charge in [0.15, 0.2) is 0 Å². The summed E-state index contributed by atoms with van der Waals surface area (Å²) in [5.74, 6) is -0.668. The van der Waals surface area contributed by atoms with E-state index in [-0.39, 0.29) is 16.5 Å². The van der Waals surface area contributed by atoms with Gasteiger partial charge >= 0.3 is 0 Å². The summed E-state index contributed by atoms with van der Waals surface area (Å²) >= 11 is 9.37. The summed E-state index contributed by atoms with van der Waals surface area (Å²) in [4.78, 5) is -0.317. The fourth-order valence-corrected chi connectivity index (χ4v) is 2.84. The van der Waals surface area contributed by atoms with Gasteiger partial charge in [0.1, 0.15) is 11.6 Å². The molecule has 0 saturated carbocycles. The average Bonchev–Trinajstić information content (AvgIpc) is 2.33. The first-order valence-electron chi connectivity index (χ1n) is 5.82. The van der Waals surface area contributed by atoms with Gasteiger partial charge in [0.05, 0.1) is 0 Å². The molecule has 2 aromatic carbocycles. The van der Waals surface area contributed by atoms with Crippen molar-refractivity contribution < 1.29 is 8.78 Å².